The van der Waals surface area contributed by atoms with Gasteiger partial charge < -0.3 is 10.6 Å². The van der Waals surface area contributed by atoms with E-state index in [0.717, 1.165) is 22.6 Å². The van der Waals surface area contributed by atoms with Gasteiger partial charge in [-0.25, -0.2) is 4.98 Å². The Balaban J connectivity index is 2.25. The van der Waals surface area contributed by atoms with Gasteiger partial charge in [0.15, 0.2) is 0 Å². The fourth-order valence-corrected chi connectivity index (χ4v) is 1.78. The molecule has 2 rings (SSSR count). The van der Waals surface area contributed by atoms with Crippen molar-refractivity contribution in [3.63, 3.8) is 0 Å². The standard InChI is InChI=1S/C14H15N3S/c1-10-3-8-13(16-9-10)17(2)12-6-4-11(5-7-12)14(15)18/h3-9H,1-2H3,(H2,15,18). The molecule has 0 atom stereocenters. The van der Waals surface area contributed by atoms with Gasteiger partial charge in [-0.2, -0.15) is 0 Å². The molecule has 2 aromatic rings. The van der Waals surface area contributed by atoms with E-state index in [1.165, 1.54) is 0 Å². The summed E-state index contributed by atoms with van der Waals surface area (Å²) in [7, 11) is 1.98. The highest BCUT2D eigenvalue weighted by Crippen LogP contribution is 2.21. The molecule has 92 valence electrons. The highest BCUT2D eigenvalue weighted by molar-refractivity contribution is 7.80. The molecule has 0 aliphatic carbocycles. The fourth-order valence-electron chi connectivity index (χ4n) is 1.64. The molecule has 0 saturated heterocycles. The van der Waals surface area contributed by atoms with E-state index in [-0.39, 0.29) is 0 Å². The zero-order valence-electron chi connectivity index (χ0n) is 10.4. The first-order valence-electron chi connectivity index (χ1n) is 5.64. The van der Waals surface area contributed by atoms with Crippen molar-refractivity contribution in [2.24, 2.45) is 5.73 Å². The van der Waals surface area contributed by atoms with Crippen LogP contribution in [0.1, 0.15) is 11.1 Å². The van der Waals surface area contributed by atoms with Crippen LogP contribution >= 0.6 is 12.2 Å². The van der Waals surface area contributed by atoms with Gasteiger partial charge in [-0.3, -0.25) is 0 Å². The SMILES string of the molecule is Cc1ccc(N(C)c2ccc(C(N)=S)cc2)nc1. The molecular formula is C14H15N3S. The number of thiocarbonyl (C=S) groups is 1. The summed E-state index contributed by atoms with van der Waals surface area (Å²) in [4.78, 5) is 6.82. The average molecular weight is 257 g/mol. The molecule has 1 aromatic heterocycles. The Bertz CT molecular complexity index is 546. The Hall–Kier alpha value is -1.94. The van der Waals surface area contributed by atoms with E-state index < -0.39 is 0 Å². The molecule has 0 bridgehead atoms. The smallest absolute Gasteiger partial charge is 0.132 e. The number of anilines is 2. The molecule has 0 aliphatic heterocycles. The monoisotopic (exact) mass is 257 g/mol. The second kappa shape index (κ2) is 5.14. The fraction of sp³-hybridized carbons (Fsp3) is 0.143. The Morgan fingerprint density at radius 1 is 1.17 bits per heavy atom. The predicted molar refractivity (Wildman–Crippen MR) is 79.4 cm³/mol. The maximum absolute atomic E-state index is 5.57. The third-order valence-corrected chi connectivity index (χ3v) is 3.01. The maximum Gasteiger partial charge on any atom is 0.132 e. The molecule has 0 fully saturated rings. The summed E-state index contributed by atoms with van der Waals surface area (Å²) in [5, 5.41) is 0. The molecule has 3 nitrogen and oxygen atoms in total. The van der Waals surface area contributed by atoms with Crippen molar-refractivity contribution in [1.29, 1.82) is 0 Å². The lowest BCUT2D eigenvalue weighted by Crippen LogP contribution is -2.12. The van der Waals surface area contributed by atoms with Gasteiger partial charge >= 0.3 is 0 Å². The van der Waals surface area contributed by atoms with Crippen molar-refractivity contribution >= 4 is 28.7 Å². The van der Waals surface area contributed by atoms with Crippen LogP contribution in [0.5, 0.6) is 0 Å². The highest BCUT2D eigenvalue weighted by atomic mass is 32.1. The lowest BCUT2D eigenvalue weighted by Gasteiger charge is -2.18. The van der Waals surface area contributed by atoms with Crippen LogP contribution in [0.15, 0.2) is 42.6 Å². The first-order valence-corrected chi connectivity index (χ1v) is 6.05. The number of pyridine rings is 1. The number of aryl methyl sites for hydroxylation is 1. The van der Waals surface area contributed by atoms with Gasteiger partial charge in [0, 0.05) is 24.5 Å². The van der Waals surface area contributed by atoms with Crippen LogP contribution in [0.25, 0.3) is 0 Å². The van der Waals surface area contributed by atoms with Crippen molar-refractivity contribution < 1.29 is 0 Å². The van der Waals surface area contributed by atoms with E-state index >= 15 is 0 Å². The second-order valence-electron chi connectivity index (χ2n) is 4.16. The van der Waals surface area contributed by atoms with E-state index in [1.54, 1.807) is 0 Å². The zero-order chi connectivity index (χ0) is 13.1. The molecule has 0 aliphatic rings. The Morgan fingerprint density at radius 2 is 1.83 bits per heavy atom. The first kappa shape index (κ1) is 12.5. The van der Waals surface area contributed by atoms with E-state index in [0.29, 0.717) is 4.99 Å². The molecule has 0 spiro atoms. The summed E-state index contributed by atoms with van der Waals surface area (Å²) in [5.41, 5.74) is 8.64. The molecule has 18 heavy (non-hydrogen) atoms. The molecule has 1 heterocycles. The number of hydrogen-bond acceptors (Lipinski definition) is 3. The normalized spacial score (nSPS) is 10.1. The molecule has 2 N–H and O–H groups in total. The predicted octanol–water partition coefficient (Wildman–Crippen LogP) is 2.79. The van der Waals surface area contributed by atoms with E-state index in [4.69, 9.17) is 18.0 Å². The summed E-state index contributed by atoms with van der Waals surface area (Å²) in [6, 6.07) is 11.8. The van der Waals surface area contributed by atoms with Gasteiger partial charge in [0.25, 0.3) is 0 Å². The Labute approximate surface area is 112 Å². The number of aromatic nitrogens is 1. The lowest BCUT2D eigenvalue weighted by atomic mass is 10.2. The summed E-state index contributed by atoms with van der Waals surface area (Å²) in [6.07, 6.45) is 1.86. The molecule has 0 radical (unpaired) electrons. The lowest BCUT2D eigenvalue weighted by molar-refractivity contribution is 1.12. The van der Waals surface area contributed by atoms with Crippen LogP contribution in [-0.2, 0) is 0 Å². The highest BCUT2D eigenvalue weighted by Gasteiger charge is 2.05. The van der Waals surface area contributed by atoms with Crippen LogP contribution < -0.4 is 10.6 Å². The van der Waals surface area contributed by atoms with Gasteiger partial charge in [-0.05, 0) is 42.8 Å². The Morgan fingerprint density at radius 3 is 2.33 bits per heavy atom. The van der Waals surface area contributed by atoms with Crippen molar-refractivity contribution in [3.8, 4) is 0 Å². The minimum absolute atomic E-state index is 0.415. The van der Waals surface area contributed by atoms with Gasteiger partial charge in [0.1, 0.15) is 10.8 Å². The van der Waals surface area contributed by atoms with Crippen LogP contribution in [-0.4, -0.2) is 17.0 Å². The second-order valence-corrected chi connectivity index (χ2v) is 4.60. The largest absolute Gasteiger partial charge is 0.389 e. The quantitative estimate of drug-likeness (QED) is 0.859. The van der Waals surface area contributed by atoms with Crippen molar-refractivity contribution in [2.75, 3.05) is 11.9 Å². The van der Waals surface area contributed by atoms with Gasteiger partial charge in [-0.1, -0.05) is 18.3 Å². The van der Waals surface area contributed by atoms with E-state index in [9.17, 15) is 0 Å². The topological polar surface area (TPSA) is 42.1 Å². The molecule has 0 amide bonds. The summed E-state index contributed by atoms with van der Waals surface area (Å²) in [5.74, 6) is 0.906. The Kier molecular flexibility index (Phi) is 3.58. The van der Waals surface area contributed by atoms with Crippen LogP contribution in [0, 0.1) is 6.92 Å². The van der Waals surface area contributed by atoms with Crippen molar-refractivity contribution in [1.82, 2.24) is 4.98 Å². The van der Waals surface area contributed by atoms with E-state index in [2.05, 4.69) is 4.98 Å². The molecule has 0 saturated carbocycles. The third-order valence-electron chi connectivity index (χ3n) is 2.78. The number of rotatable bonds is 3. The minimum atomic E-state index is 0.415. The molecule has 0 unspecified atom stereocenters. The molecule has 1 aromatic carbocycles. The van der Waals surface area contributed by atoms with Gasteiger partial charge in [0.2, 0.25) is 0 Å². The third kappa shape index (κ3) is 2.65. The summed E-state index contributed by atoms with van der Waals surface area (Å²) >= 11 is 4.93. The zero-order valence-corrected chi connectivity index (χ0v) is 11.2. The maximum atomic E-state index is 5.57. The molecular weight excluding hydrogens is 242 g/mol. The van der Waals surface area contributed by atoms with Crippen LogP contribution in [0.3, 0.4) is 0 Å². The number of nitrogens with two attached hydrogens (primary N) is 1. The summed E-state index contributed by atoms with van der Waals surface area (Å²) in [6.45, 7) is 2.02. The van der Waals surface area contributed by atoms with Crippen molar-refractivity contribution in [2.45, 2.75) is 6.92 Å². The van der Waals surface area contributed by atoms with Gasteiger partial charge in [0.05, 0.1) is 0 Å². The van der Waals surface area contributed by atoms with Crippen molar-refractivity contribution in [3.05, 3.63) is 53.7 Å². The number of benzene rings is 1. The number of hydrogen-bond donors (Lipinski definition) is 1. The number of nitrogens with zero attached hydrogens (tertiary/aromatic N) is 2. The minimum Gasteiger partial charge on any atom is -0.389 e. The average Bonchev–Trinajstić information content (AvgIpc) is 2.39. The van der Waals surface area contributed by atoms with Crippen LogP contribution in [0.4, 0.5) is 11.5 Å². The summed E-state index contributed by atoms with van der Waals surface area (Å²) < 4.78 is 0. The van der Waals surface area contributed by atoms with E-state index in [1.807, 2.05) is 61.5 Å². The molecule has 4 heteroatoms. The first-order chi connectivity index (χ1) is 8.58. The van der Waals surface area contributed by atoms with Crippen LogP contribution in [0.2, 0.25) is 0 Å². The van der Waals surface area contributed by atoms with Gasteiger partial charge in [-0.15, -0.1) is 0 Å².